The summed E-state index contributed by atoms with van der Waals surface area (Å²) in [6.45, 7) is 17.0. The first-order valence-corrected chi connectivity index (χ1v) is 28.2. The quantitative estimate of drug-likeness (QED) is 0.116. The topological polar surface area (TPSA) is 237 Å². The Balaban J connectivity index is 0.000000223. The van der Waals surface area contributed by atoms with Gasteiger partial charge in [-0.2, -0.15) is 45.3 Å². The molecule has 7 heterocycles. The summed E-state index contributed by atoms with van der Waals surface area (Å²) in [6, 6.07) is 8.26. The van der Waals surface area contributed by atoms with Crippen LogP contribution in [0.3, 0.4) is 0 Å². The molecule has 85 heavy (non-hydrogen) atoms. The fourth-order valence-corrected chi connectivity index (χ4v) is 10.0. The number of carbonyl (C=O) groups is 4. The van der Waals surface area contributed by atoms with Crippen molar-refractivity contribution in [1.82, 2.24) is 48.1 Å². The molecule has 6 aromatic rings. The van der Waals surface area contributed by atoms with Gasteiger partial charge in [0, 0.05) is 63.7 Å². The Bertz CT molecular complexity index is 3610. The third-order valence-corrected chi connectivity index (χ3v) is 13.9. The number of halogens is 7. The molecule has 0 aliphatic carbocycles. The van der Waals surface area contributed by atoms with Crippen LogP contribution in [0.15, 0.2) is 68.9 Å². The number of allylic oxidation sites excluding steroid dienone is 1. The predicted octanol–water partition coefficient (Wildman–Crippen LogP) is 8.25. The second-order valence-corrected chi connectivity index (χ2v) is 22.7. The number of aromatic nitrogens is 8. The van der Waals surface area contributed by atoms with Gasteiger partial charge in [0.1, 0.15) is 35.7 Å². The van der Waals surface area contributed by atoms with E-state index in [-0.39, 0.29) is 46.6 Å². The van der Waals surface area contributed by atoms with Crippen LogP contribution in [-0.2, 0) is 62.1 Å². The molecule has 0 spiro atoms. The largest absolute Gasteiger partial charge is 0.490 e. The highest BCUT2D eigenvalue weighted by Gasteiger charge is 2.35. The molecule has 0 unspecified atom stereocenters. The van der Waals surface area contributed by atoms with Crippen LogP contribution < -0.4 is 31.6 Å². The lowest BCUT2D eigenvalue weighted by atomic mass is 10.2. The fourth-order valence-electron chi connectivity index (χ4n) is 9.70. The second-order valence-electron chi connectivity index (χ2n) is 22.0. The van der Waals surface area contributed by atoms with Gasteiger partial charge in [-0.3, -0.25) is 19.2 Å². The van der Waals surface area contributed by atoms with Gasteiger partial charge in [0.15, 0.2) is 5.76 Å². The summed E-state index contributed by atoms with van der Waals surface area (Å²) in [7, 11) is 0. The molecule has 458 valence electrons. The third-order valence-electron chi connectivity index (χ3n) is 13.5. The summed E-state index contributed by atoms with van der Waals surface area (Å²) in [6.07, 6.45) is -5.70. The molecule has 2 fully saturated rings. The first kappa shape index (κ1) is 62.9. The van der Waals surface area contributed by atoms with Gasteiger partial charge in [-0.25, -0.2) is 9.59 Å². The number of piperazine rings is 2. The number of hydrogen-bond donors (Lipinski definition) is 2. The van der Waals surface area contributed by atoms with E-state index in [1.807, 2.05) is 29.7 Å². The molecule has 0 radical (unpaired) electrons. The van der Waals surface area contributed by atoms with Gasteiger partial charge in [-0.05, 0) is 138 Å². The second kappa shape index (κ2) is 25.2. The van der Waals surface area contributed by atoms with Crippen molar-refractivity contribution in [2.45, 2.75) is 118 Å². The van der Waals surface area contributed by atoms with E-state index in [1.165, 1.54) is 24.3 Å². The third kappa shape index (κ3) is 15.0. The van der Waals surface area contributed by atoms with Crippen molar-refractivity contribution < 1.29 is 59.7 Å². The van der Waals surface area contributed by atoms with Gasteiger partial charge in [0.2, 0.25) is 33.9 Å². The SMILES string of the molecule is CCc1c(N2CCN(C(=O)OC(C)(C)C)CC2)c(=O)n2nc(Br)nc2n1CC(=O)Nc1ccc(C(F)(F)F)cc1.CCc1c(N2CCN(C(=O)OC(C)(C)C)CC2)c(=O)n2nc(C3=CCCCO3)nc2n1CC(=O)Nc1ccc(C(F)(F)F)cc1. The van der Waals surface area contributed by atoms with Crippen LogP contribution in [0, 0.1) is 0 Å². The summed E-state index contributed by atoms with van der Waals surface area (Å²) in [4.78, 5) is 94.8. The minimum absolute atomic E-state index is 0.126. The fraction of sp³-hybridized carbons (Fsp3) is 0.491. The number of nitrogens with zero attached hydrogens (tertiary/aromatic N) is 12. The zero-order valence-electron chi connectivity index (χ0n) is 48.0. The zero-order chi connectivity index (χ0) is 61.9. The highest BCUT2D eigenvalue weighted by atomic mass is 79.9. The van der Waals surface area contributed by atoms with Crippen molar-refractivity contribution in [2.75, 3.05) is 79.4 Å². The Morgan fingerprint density at radius 1 is 0.600 bits per heavy atom. The Hall–Kier alpha value is -8.18. The van der Waals surface area contributed by atoms with Gasteiger partial charge >= 0.3 is 24.5 Å². The van der Waals surface area contributed by atoms with E-state index in [4.69, 9.17) is 14.2 Å². The maximum Gasteiger partial charge on any atom is 0.416 e. The van der Waals surface area contributed by atoms with Crippen molar-refractivity contribution in [1.29, 1.82) is 0 Å². The molecule has 9 rings (SSSR count). The van der Waals surface area contributed by atoms with Crippen LogP contribution in [0.5, 0.6) is 0 Å². The molecule has 3 aliphatic rings. The molecule has 4 aromatic heterocycles. The van der Waals surface area contributed by atoms with Crippen LogP contribution in [0.25, 0.3) is 17.3 Å². The number of hydrogen-bond acceptors (Lipinski definition) is 15. The lowest BCUT2D eigenvalue weighted by Gasteiger charge is -2.37. The summed E-state index contributed by atoms with van der Waals surface area (Å²) < 4.78 is 100.0. The minimum Gasteiger partial charge on any atom is -0.490 e. The van der Waals surface area contributed by atoms with Crippen molar-refractivity contribution in [2.24, 2.45) is 0 Å². The Kier molecular flexibility index (Phi) is 18.6. The van der Waals surface area contributed by atoms with Gasteiger partial charge < -0.3 is 53.6 Å². The number of rotatable bonds is 11. The number of ether oxygens (including phenoxy) is 3. The average Bonchev–Trinajstić information content (AvgIpc) is 1.90. The number of amides is 4. The van der Waals surface area contributed by atoms with Crippen molar-refractivity contribution in [3.8, 4) is 0 Å². The van der Waals surface area contributed by atoms with Crippen LogP contribution in [-0.4, -0.2) is 142 Å². The van der Waals surface area contributed by atoms with E-state index in [0.717, 1.165) is 46.1 Å². The van der Waals surface area contributed by atoms with Crippen LogP contribution in [0.4, 0.5) is 58.7 Å². The summed E-state index contributed by atoms with van der Waals surface area (Å²) in [5.74, 6) is -0.158. The average molecular weight is 1260 g/mol. The predicted molar refractivity (Wildman–Crippen MR) is 304 cm³/mol. The van der Waals surface area contributed by atoms with E-state index in [9.17, 15) is 55.1 Å². The van der Waals surface area contributed by atoms with Gasteiger partial charge in [-0.15, -0.1) is 10.2 Å². The Morgan fingerprint density at radius 2 is 1.00 bits per heavy atom. The van der Waals surface area contributed by atoms with Crippen LogP contribution in [0.1, 0.15) is 96.6 Å². The maximum absolute atomic E-state index is 14.0. The van der Waals surface area contributed by atoms with E-state index in [2.05, 4.69) is 46.7 Å². The van der Waals surface area contributed by atoms with Gasteiger partial charge in [0.05, 0.1) is 29.1 Å². The molecule has 23 nitrogen and oxygen atoms in total. The normalized spacial score (nSPS) is 15.3. The summed E-state index contributed by atoms with van der Waals surface area (Å²) >= 11 is 3.19. The maximum atomic E-state index is 14.0. The lowest BCUT2D eigenvalue weighted by Crippen LogP contribution is -2.51. The van der Waals surface area contributed by atoms with E-state index >= 15 is 0 Å². The van der Waals surface area contributed by atoms with E-state index < -0.39 is 69.8 Å². The number of fused-ring (bicyclic) bond motifs is 2. The molecule has 2 aromatic carbocycles. The number of nitrogens with one attached hydrogen (secondary N) is 2. The molecule has 0 saturated carbocycles. The minimum atomic E-state index is -4.50. The summed E-state index contributed by atoms with van der Waals surface area (Å²) in [5, 5.41) is 13.8. The molecular weight excluding hydrogens is 1190 g/mol. The number of anilines is 4. The van der Waals surface area contributed by atoms with Crippen LogP contribution >= 0.6 is 15.9 Å². The standard InChI is InChI=1S/C30H36F3N7O5.C25H29BrF3N7O4/c1-5-21-24(37-13-15-38(16-14-37)28(43)45-29(2,3)4)26(42)40-27(35-25(36-40)22-8-6-7-17-44-22)39(21)18-23(41)34-20-11-9-19(10-12-20)30(31,32)33;1-5-17-19(33-10-12-34(13-11-33)23(39)40-24(2,3)4)20(38)36-22(31-21(26)32-36)35(17)14-18(37)30-16-8-6-15(7-9-16)25(27,28)29/h8-12H,5-7,13-18H2,1-4H3,(H,34,41);6-9H,5,10-14H2,1-4H3,(H,30,37). The molecule has 3 aliphatic heterocycles. The molecule has 2 saturated heterocycles. The van der Waals surface area contributed by atoms with Crippen LogP contribution in [0.2, 0.25) is 0 Å². The smallest absolute Gasteiger partial charge is 0.416 e. The van der Waals surface area contributed by atoms with Gasteiger partial charge in [-0.1, -0.05) is 13.8 Å². The molecule has 2 N–H and O–H groups in total. The van der Waals surface area contributed by atoms with Gasteiger partial charge in [0.25, 0.3) is 11.1 Å². The molecule has 4 amide bonds. The Morgan fingerprint density at radius 3 is 1.36 bits per heavy atom. The highest BCUT2D eigenvalue weighted by molar-refractivity contribution is 9.10. The number of carbonyl (C=O) groups excluding carboxylic acids is 4. The Labute approximate surface area is 491 Å². The first-order chi connectivity index (χ1) is 39.9. The van der Waals surface area contributed by atoms with Crippen molar-refractivity contribution >= 4 is 80.0 Å². The monoisotopic (exact) mass is 1260 g/mol. The van der Waals surface area contributed by atoms with E-state index in [1.54, 1.807) is 60.5 Å². The van der Waals surface area contributed by atoms with E-state index in [0.29, 0.717) is 100 Å². The highest BCUT2D eigenvalue weighted by Crippen LogP contribution is 2.32. The zero-order valence-corrected chi connectivity index (χ0v) is 49.6. The van der Waals surface area contributed by atoms with Crippen molar-refractivity contribution in [3.05, 3.63) is 108 Å². The molecular formula is C55H65BrF6N14O9. The number of alkyl halides is 6. The van der Waals surface area contributed by atoms with Crippen molar-refractivity contribution in [3.63, 3.8) is 0 Å². The first-order valence-electron chi connectivity index (χ1n) is 27.4. The molecule has 0 bridgehead atoms. The number of benzene rings is 2. The summed E-state index contributed by atoms with van der Waals surface area (Å²) in [5.41, 5.74) is -1.70. The molecule has 0 atom stereocenters. The molecule has 30 heteroatoms. The lowest BCUT2D eigenvalue weighted by molar-refractivity contribution is -0.138.